The maximum atomic E-state index is 10.3. The summed E-state index contributed by atoms with van der Waals surface area (Å²) in [5.41, 5.74) is 0. The Hall–Kier alpha value is 0.180. The van der Waals surface area contributed by atoms with Gasteiger partial charge in [0, 0.05) is 4.57 Å². The van der Waals surface area contributed by atoms with Crippen LogP contribution in [0, 0.1) is 0 Å². The molecule has 1 atom stereocenters. The summed E-state index contributed by atoms with van der Waals surface area (Å²) in [5.74, 6) is 0. The van der Waals surface area contributed by atoms with E-state index in [4.69, 9.17) is 23.2 Å². The Kier molecular flexibility index (Phi) is 5.10. The van der Waals surface area contributed by atoms with Crippen LogP contribution in [0.25, 0.3) is 0 Å². The van der Waals surface area contributed by atoms with Crippen LogP contribution < -0.4 is 0 Å². The van der Waals surface area contributed by atoms with Crippen molar-refractivity contribution in [2.45, 2.75) is 5.02 Å². The molecule has 0 aromatic rings. The van der Waals surface area contributed by atoms with Crippen molar-refractivity contribution < 1.29 is 13.6 Å². The fraction of sp³-hybridized carbons (Fsp3) is 0.333. The molecule has 6 heteroatoms. The predicted molar refractivity (Wildman–Crippen MR) is 35.5 cm³/mol. The van der Waals surface area contributed by atoms with Gasteiger partial charge >= 0.3 is 8.25 Å². The molecule has 0 aromatic carbocycles. The summed E-state index contributed by atoms with van der Waals surface area (Å²) >= 11 is 10.1. The molecule has 1 unspecified atom stereocenters. The van der Waals surface area contributed by atoms with Crippen molar-refractivity contribution in [1.29, 1.82) is 0 Å². The highest BCUT2D eigenvalue weighted by Gasteiger charge is 2.23. The van der Waals surface area contributed by atoms with E-state index >= 15 is 0 Å². The number of alkyl halides is 2. The fourth-order valence-electron chi connectivity index (χ4n) is 0.151. The maximum Gasteiger partial charge on any atom is 0.752 e. The van der Waals surface area contributed by atoms with Gasteiger partial charge in [-0.25, -0.2) is 4.52 Å². The van der Waals surface area contributed by atoms with Crippen LogP contribution in [0.2, 0.25) is 0 Å². The molecule has 0 aromatic heterocycles. The molecule has 0 saturated carbocycles. The van der Waals surface area contributed by atoms with Crippen molar-refractivity contribution >= 4 is 31.5 Å². The van der Waals surface area contributed by atoms with Gasteiger partial charge in [0.15, 0.2) is 0 Å². The molecule has 0 fully saturated rings. The lowest BCUT2D eigenvalue weighted by molar-refractivity contribution is 0.294. The minimum Gasteiger partial charge on any atom is -0.238 e. The SMILES string of the molecule is C=CO[P+](=O)OC(Cl)Cl. The lowest BCUT2D eigenvalue weighted by atomic mass is 11.2. The van der Waals surface area contributed by atoms with Crippen molar-refractivity contribution in [1.82, 2.24) is 0 Å². The van der Waals surface area contributed by atoms with Gasteiger partial charge in [-0.2, -0.15) is 0 Å². The summed E-state index contributed by atoms with van der Waals surface area (Å²) in [6.07, 6.45) is 0.981. The summed E-state index contributed by atoms with van der Waals surface area (Å²) in [6, 6.07) is 0. The molecule has 0 amide bonds. The van der Waals surface area contributed by atoms with Crippen LogP contribution in [0.3, 0.4) is 0 Å². The third kappa shape index (κ3) is 6.06. The van der Waals surface area contributed by atoms with E-state index in [0.717, 1.165) is 6.26 Å². The smallest absolute Gasteiger partial charge is 0.238 e. The monoisotopic (exact) mass is 189 g/mol. The molecule has 0 rings (SSSR count). The molecule has 0 aliphatic heterocycles. The summed E-state index contributed by atoms with van der Waals surface area (Å²) in [7, 11) is -2.25. The third-order valence-electron chi connectivity index (χ3n) is 0.326. The second-order valence-corrected chi connectivity index (χ2v) is 2.75. The van der Waals surface area contributed by atoms with Gasteiger partial charge in [-0.05, 0) is 0 Å². The lowest BCUT2D eigenvalue weighted by Gasteiger charge is -1.84. The van der Waals surface area contributed by atoms with E-state index in [1.54, 1.807) is 0 Å². The van der Waals surface area contributed by atoms with Crippen molar-refractivity contribution in [3.05, 3.63) is 12.8 Å². The molecule has 0 aliphatic carbocycles. The van der Waals surface area contributed by atoms with Crippen molar-refractivity contribution in [2.24, 2.45) is 0 Å². The molecular formula is C3H4Cl2O3P+. The average Bonchev–Trinajstić information content (AvgIpc) is 1.63. The molecule has 0 heterocycles. The summed E-state index contributed by atoms with van der Waals surface area (Å²) in [4.78, 5) is 0. The average molecular weight is 190 g/mol. The molecule has 0 spiro atoms. The minimum atomic E-state index is -2.25. The first kappa shape index (κ1) is 9.18. The van der Waals surface area contributed by atoms with Crippen molar-refractivity contribution in [3.8, 4) is 0 Å². The zero-order chi connectivity index (χ0) is 7.28. The Labute approximate surface area is 63.5 Å². The van der Waals surface area contributed by atoms with E-state index in [0.29, 0.717) is 0 Å². The van der Waals surface area contributed by atoms with Gasteiger partial charge < -0.3 is 0 Å². The second-order valence-electron chi connectivity index (χ2n) is 0.862. The van der Waals surface area contributed by atoms with Gasteiger partial charge in [-0.3, -0.25) is 0 Å². The highest BCUT2D eigenvalue weighted by Crippen LogP contribution is 2.28. The summed E-state index contributed by atoms with van der Waals surface area (Å²) in [5, 5.41) is -1.13. The zero-order valence-electron chi connectivity index (χ0n) is 4.29. The van der Waals surface area contributed by atoms with E-state index in [9.17, 15) is 4.57 Å². The van der Waals surface area contributed by atoms with Crippen LogP contribution in [0.4, 0.5) is 0 Å². The number of hydrogen-bond donors (Lipinski definition) is 0. The molecule has 52 valence electrons. The zero-order valence-corrected chi connectivity index (χ0v) is 6.70. The number of rotatable bonds is 4. The molecule has 0 N–H and O–H groups in total. The second kappa shape index (κ2) is 5.00. The van der Waals surface area contributed by atoms with Crippen LogP contribution in [0.15, 0.2) is 12.8 Å². The highest BCUT2D eigenvalue weighted by atomic mass is 35.5. The first-order valence-corrected chi connectivity index (χ1v) is 3.83. The van der Waals surface area contributed by atoms with Crippen LogP contribution in [-0.4, -0.2) is 5.02 Å². The molecule has 0 bridgehead atoms. The standard InChI is InChI=1S/C3H4Cl2O3P/c1-2-7-9(6)8-3(4)5/h2-3H,1H2/q+1. The first-order chi connectivity index (χ1) is 4.16. The normalized spacial score (nSPS) is 11.2. The lowest BCUT2D eigenvalue weighted by Crippen LogP contribution is -1.85. The molecule has 3 nitrogen and oxygen atoms in total. The number of hydrogen-bond acceptors (Lipinski definition) is 3. The van der Waals surface area contributed by atoms with Crippen LogP contribution in [0.5, 0.6) is 0 Å². The van der Waals surface area contributed by atoms with Crippen LogP contribution in [-0.2, 0) is 13.6 Å². The largest absolute Gasteiger partial charge is 0.752 e. The van der Waals surface area contributed by atoms with Crippen LogP contribution in [0.1, 0.15) is 0 Å². The number of halogens is 2. The molecule has 0 radical (unpaired) electrons. The maximum absolute atomic E-state index is 10.3. The van der Waals surface area contributed by atoms with E-state index in [1.165, 1.54) is 0 Å². The fourth-order valence-corrected chi connectivity index (χ4v) is 0.843. The Morgan fingerprint density at radius 1 is 1.67 bits per heavy atom. The van der Waals surface area contributed by atoms with Gasteiger partial charge in [0.25, 0.3) is 5.02 Å². The Bertz CT molecular complexity index is 116. The van der Waals surface area contributed by atoms with Crippen molar-refractivity contribution in [2.75, 3.05) is 0 Å². The molecular weight excluding hydrogens is 186 g/mol. The van der Waals surface area contributed by atoms with Crippen molar-refractivity contribution in [3.63, 3.8) is 0 Å². The van der Waals surface area contributed by atoms with Gasteiger partial charge in [0.1, 0.15) is 6.26 Å². The molecule has 9 heavy (non-hydrogen) atoms. The van der Waals surface area contributed by atoms with Crippen LogP contribution >= 0.6 is 31.5 Å². The Morgan fingerprint density at radius 3 is 2.56 bits per heavy atom. The van der Waals surface area contributed by atoms with Gasteiger partial charge in [-0.15, -0.1) is 0 Å². The van der Waals surface area contributed by atoms with Gasteiger partial charge in [-0.1, -0.05) is 34.3 Å². The topological polar surface area (TPSA) is 35.5 Å². The van der Waals surface area contributed by atoms with E-state index in [-0.39, 0.29) is 0 Å². The third-order valence-corrected chi connectivity index (χ3v) is 1.46. The van der Waals surface area contributed by atoms with E-state index in [2.05, 4.69) is 15.6 Å². The van der Waals surface area contributed by atoms with E-state index in [1.807, 2.05) is 0 Å². The Morgan fingerprint density at radius 2 is 2.22 bits per heavy atom. The van der Waals surface area contributed by atoms with Gasteiger partial charge in [0.2, 0.25) is 0 Å². The minimum absolute atomic E-state index is 0.981. The molecule has 0 saturated heterocycles. The summed E-state index contributed by atoms with van der Waals surface area (Å²) in [6.45, 7) is 3.14. The Balaban J connectivity index is 3.38. The summed E-state index contributed by atoms with van der Waals surface area (Å²) < 4.78 is 18.8. The molecule has 0 aliphatic rings. The van der Waals surface area contributed by atoms with Gasteiger partial charge in [0.05, 0.1) is 0 Å². The quantitative estimate of drug-likeness (QED) is 0.388. The van der Waals surface area contributed by atoms with E-state index < -0.39 is 13.3 Å². The highest BCUT2D eigenvalue weighted by molar-refractivity contribution is 7.33. The first-order valence-electron chi connectivity index (χ1n) is 1.86. The predicted octanol–water partition coefficient (Wildman–Crippen LogP) is 2.58.